The van der Waals surface area contributed by atoms with Gasteiger partial charge in [-0.25, -0.2) is 4.79 Å². The molecule has 1 aromatic carbocycles. The van der Waals surface area contributed by atoms with Crippen molar-refractivity contribution < 1.29 is 24.2 Å². The number of terminal acetylenes is 1. The molecule has 192 valence electrons. The van der Waals surface area contributed by atoms with Gasteiger partial charge in [0.1, 0.15) is 17.7 Å². The van der Waals surface area contributed by atoms with Gasteiger partial charge in [0.25, 0.3) is 0 Å². The average Bonchev–Trinajstić information content (AvgIpc) is 3.16. The van der Waals surface area contributed by atoms with Gasteiger partial charge in [-0.1, -0.05) is 45.2 Å². The standard InChI is InChI=1S/C27H39N3O5/c1-8-14-27(6,7)22(29-25(34)35-26(3,4)5)24(33)30-17-20(31)15-21(30)23(32)28-16-19-12-10-18(9-2)11-13-19/h2,10-13,20-22,31H,8,14-17H2,1,3-7H3,(H,28,32)(H,29,34)/t20-,21+,22-/m1/s1. The summed E-state index contributed by atoms with van der Waals surface area (Å²) in [7, 11) is 0. The second-order valence-corrected chi connectivity index (χ2v) is 10.8. The van der Waals surface area contributed by atoms with E-state index in [0.29, 0.717) is 6.42 Å². The van der Waals surface area contributed by atoms with Crippen LogP contribution in [0.4, 0.5) is 4.79 Å². The zero-order valence-electron chi connectivity index (χ0n) is 21.7. The molecule has 2 rings (SSSR count). The van der Waals surface area contributed by atoms with Gasteiger partial charge in [0.15, 0.2) is 0 Å². The van der Waals surface area contributed by atoms with Gasteiger partial charge in [0.05, 0.1) is 6.10 Å². The van der Waals surface area contributed by atoms with Gasteiger partial charge < -0.3 is 25.4 Å². The van der Waals surface area contributed by atoms with Gasteiger partial charge in [-0.05, 0) is 50.3 Å². The largest absolute Gasteiger partial charge is 0.444 e. The molecule has 0 aromatic heterocycles. The Hall–Kier alpha value is -3.05. The number of aliphatic hydroxyl groups excluding tert-OH is 1. The van der Waals surface area contributed by atoms with Crippen molar-refractivity contribution in [2.45, 2.75) is 91.1 Å². The van der Waals surface area contributed by atoms with E-state index in [1.807, 2.05) is 32.9 Å². The summed E-state index contributed by atoms with van der Waals surface area (Å²) in [5.41, 5.74) is 0.282. The number of alkyl carbamates (subject to hydrolysis) is 1. The number of carbonyl (C=O) groups is 3. The van der Waals surface area contributed by atoms with E-state index in [1.54, 1.807) is 32.9 Å². The smallest absolute Gasteiger partial charge is 0.408 e. The molecule has 35 heavy (non-hydrogen) atoms. The van der Waals surface area contributed by atoms with Crippen molar-refractivity contribution in [1.82, 2.24) is 15.5 Å². The van der Waals surface area contributed by atoms with Crippen molar-refractivity contribution in [3.8, 4) is 12.3 Å². The summed E-state index contributed by atoms with van der Waals surface area (Å²) in [5, 5.41) is 15.9. The topological polar surface area (TPSA) is 108 Å². The third kappa shape index (κ3) is 8.00. The van der Waals surface area contributed by atoms with Crippen LogP contribution >= 0.6 is 0 Å². The fraction of sp³-hybridized carbons (Fsp3) is 0.593. The second kappa shape index (κ2) is 11.6. The number of ether oxygens (including phenoxy) is 1. The summed E-state index contributed by atoms with van der Waals surface area (Å²) in [4.78, 5) is 40.7. The summed E-state index contributed by atoms with van der Waals surface area (Å²) in [6, 6.07) is 5.47. The van der Waals surface area contributed by atoms with Gasteiger partial charge in [0.2, 0.25) is 11.8 Å². The number of nitrogens with one attached hydrogen (secondary N) is 2. The molecule has 8 heteroatoms. The predicted molar refractivity (Wildman–Crippen MR) is 134 cm³/mol. The van der Waals surface area contributed by atoms with E-state index in [0.717, 1.165) is 17.5 Å². The molecule has 0 radical (unpaired) electrons. The molecule has 0 bridgehead atoms. The Balaban J connectivity index is 2.19. The Morgan fingerprint density at radius 1 is 1.20 bits per heavy atom. The molecule has 1 fully saturated rings. The second-order valence-electron chi connectivity index (χ2n) is 10.8. The van der Waals surface area contributed by atoms with Crippen LogP contribution in [0.25, 0.3) is 0 Å². The molecule has 3 N–H and O–H groups in total. The zero-order chi connectivity index (χ0) is 26.4. The van der Waals surface area contributed by atoms with E-state index < -0.39 is 41.2 Å². The molecular weight excluding hydrogens is 446 g/mol. The molecule has 0 saturated carbocycles. The van der Waals surface area contributed by atoms with E-state index >= 15 is 0 Å². The van der Waals surface area contributed by atoms with Crippen LogP contribution in [0.2, 0.25) is 0 Å². The number of benzene rings is 1. The van der Waals surface area contributed by atoms with Crippen LogP contribution in [-0.2, 0) is 20.9 Å². The SMILES string of the molecule is C#Cc1ccc(CNC(=O)[C@@H]2C[C@@H](O)CN2C(=O)[C@@H](NC(=O)OC(C)(C)C)C(C)(C)CCC)cc1. The third-order valence-corrected chi connectivity index (χ3v) is 6.04. The van der Waals surface area contributed by atoms with Gasteiger partial charge >= 0.3 is 6.09 Å². The van der Waals surface area contributed by atoms with Crippen LogP contribution in [0.1, 0.15) is 71.9 Å². The van der Waals surface area contributed by atoms with Crippen LogP contribution in [0.15, 0.2) is 24.3 Å². The number of nitrogens with zero attached hydrogens (tertiary/aromatic N) is 1. The lowest BCUT2D eigenvalue weighted by Gasteiger charge is -2.37. The minimum absolute atomic E-state index is 0.0164. The minimum atomic E-state index is -0.922. The summed E-state index contributed by atoms with van der Waals surface area (Å²) >= 11 is 0. The number of aliphatic hydroxyl groups is 1. The van der Waals surface area contributed by atoms with Crippen LogP contribution in [-0.4, -0.2) is 58.2 Å². The highest BCUT2D eigenvalue weighted by atomic mass is 16.6. The van der Waals surface area contributed by atoms with E-state index in [4.69, 9.17) is 11.2 Å². The van der Waals surface area contributed by atoms with Gasteiger partial charge in [-0.3, -0.25) is 9.59 Å². The van der Waals surface area contributed by atoms with Crippen molar-refractivity contribution in [2.24, 2.45) is 5.41 Å². The number of β-amino-alcohol motifs (C(OH)–C–C–N with tert-alkyl or cyclic N) is 1. The Morgan fingerprint density at radius 2 is 1.83 bits per heavy atom. The first-order valence-corrected chi connectivity index (χ1v) is 12.1. The van der Waals surface area contributed by atoms with Crippen molar-refractivity contribution >= 4 is 17.9 Å². The minimum Gasteiger partial charge on any atom is -0.444 e. The quantitative estimate of drug-likeness (QED) is 0.491. The number of likely N-dealkylation sites (tertiary alicyclic amines) is 1. The Kier molecular flexibility index (Phi) is 9.33. The van der Waals surface area contributed by atoms with Crippen LogP contribution < -0.4 is 10.6 Å². The average molecular weight is 486 g/mol. The molecule has 0 spiro atoms. The normalized spacial score (nSPS) is 19.0. The summed E-state index contributed by atoms with van der Waals surface area (Å²) in [6.07, 6.45) is 5.45. The van der Waals surface area contributed by atoms with E-state index in [1.165, 1.54) is 4.90 Å². The lowest BCUT2D eigenvalue weighted by molar-refractivity contribution is -0.142. The fourth-order valence-corrected chi connectivity index (χ4v) is 4.30. The Bertz CT molecular complexity index is 943. The third-order valence-electron chi connectivity index (χ3n) is 6.04. The number of rotatable bonds is 8. The Labute approximate surface area is 208 Å². The van der Waals surface area contributed by atoms with Gasteiger partial charge in [-0.2, -0.15) is 0 Å². The van der Waals surface area contributed by atoms with Crippen molar-refractivity contribution in [3.05, 3.63) is 35.4 Å². The lowest BCUT2D eigenvalue weighted by atomic mass is 9.79. The van der Waals surface area contributed by atoms with Crippen LogP contribution in [0.3, 0.4) is 0 Å². The van der Waals surface area contributed by atoms with Crippen LogP contribution in [0, 0.1) is 17.8 Å². The molecule has 1 aliphatic heterocycles. The maximum Gasteiger partial charge on any atom is 0.408 e. The molecule has 1 heterocycles. The number of amides is 3. The van der Waals surface area contributed by atoms with Crippen molar-refractivity contribution in [2.75, 3.05) is 6.54 Å². The Morgan fingerprint density at radius 3 is 2.37 bits per heavy atom. The molecule has 1 aliphatic rings. The highest BCUT2D eigenvalue weighted by Gasteiger charge is 2.45. The number of hydrogen-bond acceptors (Lipinski definition) is 5. The monoisotopic (exact) mass is 485 g/mol. The van der Waals surface area contributed by atoms with E-state index in [2.05, 4.69) is 16.6 Å². The molecule has 0 aliphatic carbocycles. The number of carbonyl (C=O) groups excluding carboxylic acids is 3. The van der Waals surface area contributed by atoms with E-state index in [-0.39, 0.29) is 25.4 Å². The van der Waals surface area contributed by atoms with Crippen molar-refractivity contribution in [1.29, 1.82) is 0 Å². The maximum absolute atomic E-state index is 13.7. The fourth-order valence-electron chi connectivity index (χ4n) is 4.30. The number of hydrogen-bond donors (Lipinski definition) is 3. The van der Waals surface area contributed by atoms with Gasteiger partial charge in [0, 0.05) is 25.1 Å². The highest BCUT2D eigenvalue weighted by molar-refractivity contribution is 5.92. The molecule has 3 amide bonds. The maximum atomic E-state index is 13.7. The molecule has 0 unspecified atom stereocenters. The molecule has 8 nitrogen and oxygen atoms in total. The first-order valence-electron chi connectivity index (χ1n) is 12.1. The highest BCUT2D eigenvalue weighted by Crippen LogP contribution is 2.31. The van der Waals surface area contributed by atoms with Crippen molar-refractivity contribution in [3.63, 3.8) is 0 Å². The molecule has 3 atom stereocenters. The molecule has 1 saturated heterocycles. The first-order chi connectivity index (χ1) is 16.3. The summed E-state index contributed by atoms with van der Waals surface area (Å²) in [6.45, 7) is 11.3. The van der Waals surface area contributed by atoms with Crippen LogP contribution in [0.5, 0.6) is 0 Å². The van der Waals surface area contributed by atoms with E-state index in [9.17, 15) is 19.5 Å². The summed E-state index contributed by atoms with van der Waals surface area (Å²) < 4.78 is 5.39. The first kappa shape index (κ1) is 28.2. The molecular formula is C27H39N3O5. The predicted octanol–water partition coefficient (Wildman–Crippen LogP) is 2.97. The van der Waals surface area contributed by atoms with Gasteiger partial charge in [-0.15, -0.1) is 6.42 Å². The zero-order valence-corrected chi connectivity index (χ0v) is 21.7. The lowest BCUT2D eigenvalue weighted by Crippen LogP contribution is -2.58. The summed E-state index contributed by atoms with van der Waals surface area (Å²) in [5.74, 6) is 1.77. The molecule has 1 aromatic rings.